The van der Waals surface area contributed by atoms with E-state index in [9.17, 15) is 9.59 Å². The monoisotopic (exact) mass is 374 g/mol. The first-order valence-corrected chi connectivity index (χ1v) is 10.2. The molecule has 6 nitrogen and oxygen atoms in total. The van der Waals surface area contributed by atoms with Crippen molar-refractivity contribution in [1.82, 2.24) is 20.1 Å². The van der Waals surface area contributed by atoms with Crippen LogP contribution in [0.5, 0.6) is 0 Å². The number of amides is 1. The molecule has 1 aliphatic rings. The number of aromatic amines is 1. The van der Waals surface area contributed by atoms with Crippen molar-refractivity contribution in [2.75, 3.05) is 5.75 Å². The van der Waals surface area contributed by atoms with Crippen LogP contribution in [-0.4, -0.2) is 32.5 Å². The van der Waals surface area contributed by atoms with Crippen molar-refractivity contribution in [3.8, 4) is 0 Å². The molecular weight excluding hydrogens is 348 g/mol. The number of carbonyl (C=O) groups is 1. The minimum atomic E-state index is -0.231. The molecule has 0 aliphatic heterocycles. The molecule has 140 valence electrons. The van der Waals surface area contributed by atoms with Gasteiger partial charge in [-0.1, -0.05) is 49.0 Å². The zero-order valence-corrected chi connectivity index (χ0v) is 15.9. The minimum absolute atomic E-state index is 0.0135. The Morgan fingerprint density at radius 2 is 2.00 bits per heavy atom. The third-order valence-corrected chi connectivity index (χ3v) is 5.88. The van der Waals surface area contributed by atoms with Gasteiger partial charge in [-0.25, -0.2) is 9.89 Å². The van der Waals surface area contributed by atoms with Crippen molar-refractivity contribution < 1.29 is 4.79 Å². The molecule has 0 radical (unpaired) electrons. The number of carbonyl (C=O) groups excluding carboxylic acids is 1. The molecule has 0 unspecified atom stereocenters. The topological polar surface area (TPSA) is 79.8 Å². The van der Waals surface area contributed by atoms with Crippen LogP contribution in [0.2, 0.25) is 0 Å². The van der Waals surface area contributed by atoms with Crippen LogP contribution >= 0.6 is 11.8 Å². The predicted molar refractivity (Wildman–Crippen MR) is 103 cm³/mol. The van der Waals surface area contributed by atoms with E-state index < -0.39 is 0 Å². The summed E-state index contributed by atoms with van der Waals surface area (Å²) in [5.74, 6) is 1.06. The maximum atomic E-state index is 12.2. The maximum absolute atomic E-state index is 12.2. The van der Waals surface area contributed by atoms with Crippen molar-refractivity contribution in [3.05, 3.63) is 46.4 Å². The lowest BCUT2D eigenvalue weighted by atomic mass is 9.87. The fraction of sp³-hybridized carbons (Fsp3) is 0.526. The molecule has 26 heavy (non-hydrogen) atoms. The van der Waals surface area contributed by atoms with E-state index in [4.69, 9.17) is 0 Å². The van der Waals surface area contributed by atoms with E-state index in [0.717, 1.165) is 25.2 Å². The van der Waals surface area contributed by atoms with Crippen LogP contribution in [0.25, 0.3) is 0 Å². The zero-order chi connectivity index (χ0) is 18.4. The van der Waals surface area contributed by atoms with Gasteiger partial charge in [-0.15, -0.1) is 5.10 Å². The van der Waals surface area contributed by atoms with Gasteiger partial charge in [0.05, 0.1) is 5.75 Å². The molecule has 1 saturated carbocycles. The summed E-state index contributed by atoms with van der Waals surface area (Å²) >= 11 is 1.31. The van der Waals surface area contributed by atoms with Gasteiger partial charge in [0.2, 0.25) is 5.91 Å². The van der Waals surface area contributed by atoms with Gasteiger partial charge in [0, 0.05) is 12.6 Å². The van der Waals surface area contributed by atoms with Crippen molar-refractivity contribution in [2.24, 2.45) is 5.92 Å². The number of rotatable bonds is 7. The van der Waals surface area contributed by atoms with Gasteiger partial charge in [0.25, 0.3) is 0 Å². The molecule has 1 heterocycles. The minimum Gasteiger partial charge on any atom is -0.353 e. The van der Waals surface area contributed by atoms with Crippen molar-refractivity contribution >= 4 is 17.7 Å². The number of nitrogens with one attached hydrogen (secondary N) is 2. The largest absolute Gasteiger partial charge is 0.353 e. The van der Waals surface area contributed by atoms with Crippen LogP contribution in [0.15, 0.2) is 40.3 Å². The van der Waals surface area contributed by atoms with Crippen LogP contribution in [-0.2, 0) is 17.8 Å². The maximum Gasteiger partial charge on any atom is 0.343 e. The van der Waals surface area contributed by atoms with Crippen LogP contribution < -0.4 is 11.0 Å². The molecule has 0 spiro atoms. The van der Waals surface area contributed by atoms with Crippen LogP contribution in [0.3, 0.4) is 0 Å². The molecule has 1 aromatic heterocycles. The lowest BCUT2D eigenvalue weighted by molar-refractivity contribution is -0.119. The predicted octanol–water partition coefficient (Wildman–Crippen LogP) is 2.60. The van der Waals surface area contributed by atoms with Crippen LogP contribution in [0, 0.1) is 5.92 Å². The summed E-state index contributed by atoms with van der Waals surface area (Å²) in [6.07, 6.45) is 5.22. The molecule has 0 saturated heterocycles. The van der Waals surface area contributed by atoms with Crippen molar-refractivity contribution in [1.29, 1.82) is 0 Å². The number of aryl methyl sites for hydroxylation is 1. The first kappa shape index (κ1) is 18.8. The highest BCUT2D eigenvalue weighted by Crippen LogP contribution is 2.23. The third kappa shape index (κ3) is 5.24. The highest BCUT2D eigenvalue weighted by molar-refractivity contribution is 7.99. The van der Waals surface area contributed by atoms with E-state index in [1.54, 1.807) is 4.57 Å². The van der Waals surface area contributed by atoms with Gasteiger partial charge >= 0.3 is 5.69 Å². The number of benzene rings is 1. The van der Waals surface area contributed by atoms with E-state index in [1.165, 1.54) is 30.2 Å². The Bertz CT molecular complexity index is 763. The zero-order valence-electron chi connectivity index (χ0n) is 15.1. The average molecular weight is 375 g/mol. The van der Waals surface area contributed by atoms with Crippen LogP contribution in [0.1, 0.15) is 38.2 Å². The van der Waals surface area contributed by atoms with E-state index in [2.05, 4.69) is 22.4 Å². The van der Waals surface area contributed by atoms with Gasteiger partial charge < -0.3 is 5.32 Å². The van der Waals surface area contributed by atoms with Crippen molar-refractivity contribution in [3.63, 3.8) is 0 Å². The Morgan fingerprint density at radius 1 is 1.27 bits per heavy atom. The number of H-pyrrole nitrogens is 1. The Morgan fingerprint density at radius 3 is 2.73 bits per heavy atom. The SMILES string of the molecule is CC1CCC(NC(=O)CSc2n[nH]c(=O)n2CCc2ccccc2)CC1. The lowest BCUT2D eigenvalue weighted by Crippen LogP contribution is -2.38. The van der Waals surface area contributed by atoms with Gasteiger partial charge in [0.1, 0.15) is 0 Å². The van der Waals surface area contributed by atoms with E-state index in [-0.39, 0.29) is 17.3 Å². The fourth-order valence-electron chi connectivity index (χ4n) is 3.30. The van der Waals surface area contributed by atoms with Crippen molar-refractivity contribution in [2.45, 2.75) is 56.8 Å². The summed E-state index contributed by atoms with van der Waals surface area (Å²) in [6.45, 7) is 2.81. The summed E-state index contributed by atoms with van der Waals surface area (Å²) in [4.78, 5) is 24.2. The molecule has 1 aromatic carbocycles. The second-order valence-electron chi connectivity index (χ2n) is 7.01. The number of aromatic nitrogens is 3. The number of hydrogen-bond donors (Lipinski definition) is 2. The first-order valence-electron chi connectivity index (χ1n) is 9.23. The summed E-state index contributed by atoms with van der Waals surface area (Å²) in [7, 11) is 0. The molecule has 1 amide bonds. The van der Waals surface area contributed by atoms with E-state index >= 15 is 0 Å². The first-order chi connectivity index (χ1) is 12.6. The molecular formula is C19H26N4O2S. The molecule has 0 bridgehead atoms. The second-order valence-corrected chi connectivity index (χ2v) is 7.95. The Balaban J connectivity index is 1.50. The smallest absolute Gasteiger partial charge is 0.343 e. The van der Waals surface area contributed by atoms with Crippen LogP contribution in [0.4, 0.5) is 0 Å². The normalized spacial score (nSPS) is 20.0. The lowest BCUT2D eigenvalue weighted by Gasteiger charge is -2.26. The summed E-state index contributed by atoms with van der Waals surface area (Å²) < 4.78 is 1.60. The summed E-state index contributed by atoms with van der Waals surface area (Å²) in [6, 6.07) is 10.3. The Kier molecular flexibility index (Phi) is 6.55. The quantitative estimate of drug-likeness (QED) is 0.730. The number of thioether (sulfide) groups is 1. The summed E-state index contributed by atoms with van der Waals surface area (Å²) in [5, 5.41) is 10.2. The average Bonchev–Trinajstić information content (AvgIpc) is 3.01. The summed E-state index contributed by atoms with van der Waals surface area (Å²) in [5.41, 5.74) is 0.936. The van der Waals surface area contributed by atoms with E-state index in [0.29, 0.717) is 17.7 Å². The van der Waals surface area contributed by atoms with Gasteiger partial charge in [-0.2, -0.15) is 0 Å². The highest BCUT2D eigenvalue weighted by atomic mass is 32.2. The molecule has 0 atom stereocenters. The van der Waals surface area contributed by atoms with E-state index in [1.807, 2.05) is 30.3 Å². The Labute approximate surface area is 157 Å². The molecule has 1 aliphatic carbocycles. The molecule has 1 fully saturated rings. The van der Waals surface area contributed by atoms with Gasteiger partial charge in [-0.05, 0) is 43.6 Å². The Hall–Kier alpha value is -2.02. The second kappa shape index (κ2) is 9.07. The number of nitrogens with zero attached hydrogens (tertiary/aromatic N) is 2. The van der Waals surface area contributed by atoms with Gasteiger partial charge in [0.15, 0.2) is 5.16 Å². The third-order valence-electron chi connectivity index (χ3n) is 4.90. The number of hydrogen-bond acceptors (Lipinski definition) is 4. The highest BCUT2D eigenvalue weighted by Gasteiger charge is 2.20. The molecule has 7 heteroatoms. The standard InChI is InChI=1S/C19H26N4O2S/c1-14-7-9-16(10-8-14)20-17(24)13-26-19-22-21-18(25)23(19)12-11-15-5-3-2-4-6-15/h2-6,14,16H,7-13H2,1H3,(H,20,24)(H,21,25). The fourth-order valence-corrected chi connectivity index (χ4v) is 4.08. The molecule has 3 rings (SSSR count). The molecule has 2 aromatic rings. The molecule has 2 N–H and O–H groups in total. The van der Waals surface area contributed by atoms with Gasteiger partial charge in [-0.3, -0.25) is 9.36 Å².